The number of pyridine rings is 1. The van der Waals surface area contributed by atoms with E-state index in [1.54, 1.807) is 39.0 Å². The largest absolute Gasteiger partial charge is 0.486 e. The number of ether oxygens (including phenoxy) is 2. The van der Waals surface area contributed by atoms with Crippen molar-refractivity contribution in [2.45, 2.75) is 59.5 Å². The molecule has 0 saturated heterocycles. The van der Waals surface area contributed by atoms with Crippen LogP contribution in [0.1, 0.15) is 56.1 Å². The van der Waals surface area contributed by atoms with Gasteiger partial charge in [-0.2, -0.15) is 13.2 Å². The zero-order valence-electron chi connectivity index (χ0n) is 21.1. The number of aromatic nitrogens is 1. The van der Waals surface area contributed by atoms with Gasteiger partial charge in [0.15, 0.2) is 5.75 Å². The first-order valence-corrected chi connectivity index (χ1v) is 11.6. The summed E-state index contributed by atoms with van der Waals surface area (Å²) >= 11 is 0. The number of halogens is 3. The molecule has 0 aliphatic rings. The summed E-state index contributed by atoms with van der Waals surface area (Å²) in [5.41, 5.74) is -0.815. The Hall–Kier alpha value is -3.82. The molecule has 0 fully saturated rings. The highest BCUT2D eigenvalue weighted by Crippen LogP contribution is 2.33. The van der Waals surface area contributed by atoms with Crippen LogP contribution in [0.5, 0.6) is 11.6 Å². The first-order valence-electron chi connectivity index (χ1n) is 11.6. The predicted octanol–water partition coefficient (Wildman–Crippen LogP) is 5.85. The third-order valence-electron chi connectivity index (χ3n) is 5.44. The average molecular weight is 519 g/mol. The molecule has 2 N–H and O–H groups in total. The summed E-state index contributed by atoms with van der Waals surface area (Å²) in [6, 6.07) is 9.82. The first-order chi connectivity index (χ1) is 17.2. The van der Waals surface area contributed by atoms with E-state index in [0.717, 1.165) is 12.1 Å². The second kappa shape index (κ2) is 10.7. The van der Waals surface area contributed by atoms with E-state index >= 15 is 0 Å². The number of nitrogens with zero attached hydrogens (tertiary/aromatic N) is 1. The molecule has 3 aromatic rings. The Labute approximate surface area is 212 Å². The fraction of sp³-hybridized carbons (Fsp3) is 0.370. The maximum Gasteiger partial charge on any atom is 0.416 e. The number of carboxylic acids is 1. The molecule has 1 atom stereocenters. The number of fused-ring (bicyclic) bond motifs is 1. The molecule has 1 aromatic heterocycles. The lowest BCUT2D eigenvalue weighted by atomic mass is 9.86. The lowest BCUT2D eigenvalue weighted by Crippen LogP contribution is -2.49. The molecule has 1 heterocycles. The Morgan fingerprint density at radius 3 is 2.16 bits per heavy atom. The van der Waals surface area contributed by atoms with E-state index in [9.17, 15) is 27.9 Å². The van der Waals surface area contributed by atoms with Crippen LogP contribution in [-0.4, -0.2) is 34.1 Å². The molecule has 10 heteroatoms. The summed E-state index contributed by atoms with van der Waals surface area (Å²) in [5, 5.41) is 12.8. The Morgan fingerprint density at radius 2 is 1.62 bits per heavy atom. The topological polar surface area (TPSA) is 97.8 Å². The number of carboxylic acid groups (broad SMARTS) is 1. The number of carbonyl (C=O) groups is 2. The maximum atomic E-state index is 13.3. The number of hydrogen-bond acceptors (Lipinski definition) is 5. The van der Waals surface area contributed by atoms with Crippen LogP contribution in [0.2, 0.25) is 0 Å². The number of nitrogens with one attached hydrogen (secondary N) is 1. The van der Waals surface area contributed by atoms with Gasteiger partial charge >= 0.3 is 12.1 Å². The third kappa shape index (κ3) is 6.90. The predicted molar refractivity (Wildman–Crippen MR) is 132 cm³/mol. The number of amides is 1. The summed E-state index contributed by atoms with van der Waals surface area (Å²) in [6.45, 7) is 8.56. The standard InChI is InChI=1S/C27H29F3N2O5/c1-15(2)37-20-13-9-17-8-12-19(24(33)32-23(25(34)35)26(3,4)5)22(21(17)31-20)36-14-16-6-10-18(11-7-16)27(28,29)30/h6-13,15,23H,14H2,1-5H3,(H,32,33)(H,34,35)/t23-/m1/s1. The SMILES string of the molecule is CC(C)Oc1ccc2ccc(C(=O)N[C@H](C(=O)O)C(C)(C)C)c(OCc3ccc(C(F)(F)F)cc3)c2n1. The minimum Gasteiger partial charge on any atom is -0.486 e. The molecule has 0 aliphatic carbocycles. The number of carbonyl (C=O) groups excluding carboxylic acids is 1. The Bertz CT molecular complexity index is 1280. The van der Waals surface area contributed by atoms with Crippen LogP contribution in [0.3, 0.4) is 0 Å². The maximum absolute atomic E-state index is 13.3. The van der Waals surface area contributed by atoms with E-state index in [-0.39, 0.29) is 29.9 Å². The highest BCUT2D eigenvalue weighted by molar-refractivity contribution is 6.04. The third-order valence-corrected chi connectivity index (χ3v) is 5.44. The van der Waals surface area contributed by atoms with E-state index in [0.29, 0.717) is 16.5 Å². The number of benzene rings is 2. The van der Waals surface area contributed by atoms with Crippen molar-refractivity contribution in [3.05, 3.63) is 65.2 Å². The summed E-state index contributed by atoms with van der Waals surface area (Å²) in [6.07, 6.45) is -4.64. The van der Waals surface area contributed by atoms with Crippen LogP contribution in [0.25, 0.3) is 10.9 Å². The van der Waals surface area contributed by atoms with Crippen LogP contribution in [-0.2, 0) is 17.6 Å². The number of rotatable bonds is 8. The zero-order chi connectivity index (χ0) is 27.5. The molecule has 1 amide bonds. The number of alkyl halides is 3. The van der Waals surface area contributed by atoms with Crippen LogP contribution in [0.15, 0.2) is 48.5 Å². The fourth-order valence-electron chi connectivity index (χ4n) is 3.58. The Kier molecular flexibility index (Phi) is 8.00. The van der Waals surface area contributed by atoms with E-state index < -0.39 is 35.1 Å². The van der Waals surface area contributed by atoms with Gasteiger partial charge < -0.3 is 19.9 Å². The fourth-order valence-corrected chi connectivity index (χ4v) is 3.58. The molecule has 0 radical (unpaired) electrons. The average Bonchev–Trinajstić information content (AvgIpc) is 2.79. The highest BCUT2D eigenvalue weighted by atomic mass is 19.4. The molecule has 2 aromatic carbocycles. The minimum absolute atomic E-state index is 0.0316. The molecule has 3 rings (SSSR count). The van der Waals surface area contributed by atoms with Gasteiger partial charge in [-0.05, 0) is 49.1 Å². The van der Waals surface area contributed by atoms with Crippen LogP contribution in [0.4, 0.5) is 13.2 Å². The zero-order valence-corrected chi connectivity index (χ0v) is 21.1. The summed E-state index contributed by atoms with van der Waals surface area (Å²) < 4.78 is 50.4. The lowest BCUT2D eigenvalue weighted by Gasteiger charge is -2.28. The van der Waals surface area contributed by atoms with Crippen molar-refractivity contribution in [1.82, 2.24) is 10.3 Å². The van der Waals surface area contributed by atoms with Crippen LogP contribution >= 0.6 is 0 Å². The van der Waals surface area contributed by atoms with Gasteiger partial charge in [0, 0.05) is 11.5 Å². The quantitative estimate of drug-likeness (QED) is 0.388. The van der Waals surface area contributed by atoms with Gasteiger partial charge in [-0.15, -0.1) is 0 Å². The monoisotopic (exact) mass is 518 g/mol. The van der Waals surface area contributed by atoms with Crippen molar-refractivity contribution >= 4 is 22.8 Å². The molecule has 7 nitrogen and oxygen atoms in total. The summed E-state index contributed by atoms with van der Waals surface area (Å²) in [5.74, 6) is -1.54. The molecule has 0 unspecified atom stereocenters. The van der Waals surface area contributed by atoms with Crippen molar-refractivity contribution in [3.8, 4) is 11.6 Å². The molecular formula is C27H29F3N2O5. The van der Waals surface area contributed by atoms with E-state index in [1.165, 1.54) is 18.2 Å². The van der Waals surface area contributed by atoms with Crippen molar-refractivity contribution in [2.24, 2.45) is 5.41 Å². The Morgan fingerprint density at radius 1 is 1.00 bits per heavy atom. The van der Waals surface area contributed by atoms with Gasteiger partial charge in [0.05, 0.1) is 17.2 Å². The van der Waals surface area contributed by atoms with Gasteiger partial charge in [-0.3, -0.25) is 4.79 Å². The molecule has 37 heavy (non-hydrogen) atoms. The molecule has 0 saturated carbocycles. The highest BCUT2D eigenvalue weighted by Gasteiger charge is 2.34. The van der Waals surface area contributed by atoms with E-state index in [4.69, 9.17) is 9.47 Å². The normalized spacial score (nSPS) is 12.9. The molecule has 0 aliphatic heterocycles. The van der Waals surface area contributed by atoms with E-state index in [2.05, 4.69) is 10.3 Å². The van der Waals surface area contributed by atoms with Gasteiger partial charge in [-0.1, -0.05) is 39.0 Å². The van der Waals surface area contributed by atoms with Crippen molar-refractivity contribution < 1.29 is 37.3 Å². The smallest absolute Gasteiger partial charge is 0.416 e. The summed E-state index contributed by atoms with van der Waals surface area (Å²) in [4.78, 5) is 29.6. The summed E-state index contributed by atoms with van der Waals surface area (Å²) in [7, 11) is 0. The molecule has 0 bridgehead atoms. The van der Waals surface area contributed by atoms with Gasteiger partial charge in [0.2, 0.25) is 5.88 Å². The van der Waals surface area contributed by atoms with Gasteiger partial charge in [0.25, 0.3) is 5.91 Å². The van der Waals surface area contributed by atoms with Crippen molar-refractivity contribution in [1.29, 1.82) is 0 Å². The van der Waals surface area contributed by atoms with Crippen molar-refractivity contribution in [3.63, 3.8) is 0 Å². The van der Waals surface area contributed by atoms with Crippen molar-refractivity contribution in [2.75, 3.05) is 0 Å². The van der Waals surface area contributed by atoms with Gasteiger partial charge in [0.1, 0.15) is 18.2 Å². The van der Waals surface area contributed by atoms with Crippen LogP contribution in [0, 0.1) is 5.41 Å². The number of aliphatic carboxylic acids is 1. The van der Waals surface area contributed by atoms with Crippen LogP contribution < -0.4 is 14.8 Å². The van der Waals surface area contributed by atoms with E-state index in [1.807, 2.05) is 13.8 Å². The molecule has 0 spiro atoms. The second-order valence-electron chi connectivity index (χ2n) is 9.92. The lowest BCUT2D eigenvalue weighted by molar-refractivity contribution is -0.142. The Balaban J connectivity index is 2.03. The molecular weight excluding hydrogens is 489 g/mol. The van der Waals surface area contributed by atoms with Gasteiger partial charge in [-0.25, -0.2) is 9.78 Å². The second-order valence-corrected chi connectivity index (χ2v) is 9.92. The first kappa shape index (κ1) is 27.8. The number of hydrogen-bond donors (Lipinski definition) is 2. The minimum atomic E-state index is -4.47. The molecule has 198 valence electrons.